The molecule has 1 aliphatic rings. The summed E-state index contributed by atoms with van der Waals surface area (Å²) in [6.45, 7) is 39.6. The third-order valence-electron chi connectivity index (χ3n) is 14.8. The summed E-state index contributed by atoms with van der Waals surface area (Å²) >= 11 is 0. The Kier molecular flexibility index (Phi) is 12.1. The molecule has 0 unspecified atom stereocenters. The van der Waals surface area contributed by atoms with E-state index in [1.807, 2.05) is 0 Å². The minimum atomic E-state index is -0.0338. The molecule has 0 saturated heterocycles. The van der Waals surface area contributed by atoms with Crippen LogP contribution in [0.2, 0.25) is 0 Å². The molecule has 7 aromatic rings. The lowest BCUT2D eigenvalue weighted by atomic mass is 9.63. The first-order valence-corrected chi connectivity index (χ1v) is 24.9. The Morgan fingerprint density at radius 3 is 1.39 bits per heavy atom. The van der Waals surface area contributed by atoms with Crippen LogP contribution < -0.4 is 9.80 Å². The fraction of sp³-hybridized carbons (Fsp3) is 0.385. The SMILES string of the molecule is Cc1cc(N(c2ccc(C(C)(C)C)cc2)c2ccc3c(c2)C(C)(C)CCC3(C)C)cc(N(c2ccc3ccc(C(C)(C)C)cc3c2)c2ccc(C(C)(C)C)cc2-c2ccc(C(C)(C)C)cc2)c1. The average molecular weight is 887 g/mol. The zero-order valence-corrected chi connectivity index (χ0v) is 44.1. The molecule has 0 heterocycles. The summed E-state index contributed by atoms with van der Waals surface area (Å²) in [7, 11) is 0. The van der Waals surface area contributed by atoms with Gasteiger partial charge in [0.15, 0.2) is 0 Å². The van der Waals surface area contributed by atoms with E-state index in [0.29, 0.717) is 0 Å². The lowest BCUT2D eigenvalue weighted by molar-refractivity contribution is 0.332. The lowest BCUT2D eigenvalue weighted by Gasteiger charge is -2.42. The van der Waals surface area contributed by atoms with Crippen LogP contribution in [0.1, 0.15) is 163 Å². The highest BCUT2D eigenvalue weighted by molar-refractivity contribution is 5.94. The molecule has 348 valence electrons. The molecule has 0 atom stereocenters. The van der Waals surface area contributed by atoms with Gasteiger partial charge in [-0.1, -0.05) is 184 Å². The van der Waals surface area contributed by atoms with Crippen LogP contribution in [-0.4, -0.2) is 0 Å². The second kappa shape index (κ2) is 16.9. The zero-order chi connectivity index (χ0) is 48.6. The van der Waals surface area contributed by atoms with Gasteiger partial charge in [0.05, 0.1) is 5.69 Å². The zero-order valence-electron chi connectivity index (χ0n) is 44.1. The monoisotopic (exact) mass is 887 g/mol. The van der Waals surface area contributed by atoms with Crippen molar-refractivity contribution in [2.75, 3.05) is 9.80 Å². The average Bonchev–Trinajstić information content (AvgIpc) is 3.24. The van der Waals surface area contributed by atoms with Crippen LogP contribution in [0.5, 0.6) is 0 Å². The van der Waals surface area contributed by atoms with Gasteiger partial charge in [0.1, 0.15) is 0 Å². The highest BCUT2D eigenvalue weighted by Crippen LogP contribution is 2.50. The Bertz CT molecular complexity index is 2930. The summed E-state index contributed by atoms with van der Waals surface area (Å²) in [5, 5.41) is 2.48. The van der Waals surface area contributed by atoms with E-state index in [2.05, 4.69) is 267 Å². The molecular weight excluding hydrogens is 809 g/mol. The van der Waals surface area contributed by atoms with E-state index < -0.39 is 0 Å². The van der Waals surface area contributed by atoms with E-state index in [4.69, 9.17) is 0 Å². The highest BCUT2D eigenvalue weighted by atomic mass is 15.2. The molecule has 7 aromatic carbocycles. The van der Waals surface area contributed by atoms with Crippen molar-refractivity contribution in [2.24, 2.45) is 0 Å². The smallest absolute Gasteiger partial charge is 0.0540 e. The predicted octanol–water partition coefficient (Wildman–Crippen LogP) is 19.3. The van der Waals surface area contributed by atoms with E-state index in [1.54, 1.807) is 0 Å². The molecule has 0 amide bonds. The lowest BCUT2D eigenvalue weighted by Crippen LogP contribution is -2.34. The summed E-state index contributed by atoms with van der Waals surface area (Å²) < 4.78 is 0. The topological polar surface area (TPSA) is 6.48 Å². The molecule has 0 aromatic heterocycles. The van der Waals surface area contributed by atoms with Gasteiger partial charge in [-0.2, -0.15) is 0 Å². The van der Waals surface area contributed by atoms with Crippen LogP contribution >= 0.6 is 0 Å². The van der Waals surface area contributed by atoms with Gasteiger partial charge in [0.25, 0.3) is 0 Å². The van der Waals surface area contributed by atoms with Crippen LogP contribution in [0.15, 0.2) is 140 Å². The molecular formula is C65H78N2. The van der Waals surface area contributed by atoms with Crippen molar-refractivity contribution in [3.8, 4) is 11.1 Å². The minimum Gasteiger partial charge on any atom is -0.310 e. The van der Waals surface area contributed by atoms with Crippen molar-refractivity contribution in [3.05, 3.63) is 178 Å². The molecule has 0 spiro atoms. The van der Waals surface area contributed by atoms with Crippen LogP contribution in [0.4, 0.5) is 34.1 Å². The van der Waals surface area contributed by atoms with Gasteiger partial charge >= 0.3 is 0 Å². The van der Waals surface area contributed by atoms with Gasteiger partial charge in [-0.15, -0.1) is 0 Å². The Labute approximate surface area is 405 Å². The molecule has 8 rings (SSSR count). The number of benzene rings is 7. The maximum absolute atomic E-state index is 2.53. The molecule has 2 heteroatoms. The van der Waals surface area contributed by atoms with Crippen LogP contribution in [0.3, 0.4) is 0 Å². The Morgan fingerprint density at radius 1 is 0.358 bits per heavy atom. The van der Waals surface area contributed by atoms with E-state index >= 15 is 0 Å². The Morgan fingerprint density at radius 2 is 0.806 bits per heavy atom. The first-order chi connectivity index (χ1) is 31.1. The summed E-state index contributed by atoms with van der Waals surface area (Å²) in [6.07, 6.45) is 2.35. The molecule has 1 aliphatic carbocycles. The van der Waals surface area contributed by atoms with E-state index in [-0.39, 0.29) is 32.5 Å². The van der Waals surface area contributed by atoms with Gasteiger partial charge in [-0.25, -0.2) is 0 Å². The Balaban J connectivity index is 1.41. The molecule has 0 bridgehead atoms. The maximum atomic E-state index is 2.53. The van der Waals surface area contributed by atoms with Crippen LogP contribution in [-0.2, 0) is 32.5 Å². The number of rotatable bonds is 7. The number of fused-ring (bicyclic) bond motifs is 2. The summed E-state index contributed by atoms with van der Waals surface area (Å²) in [4.78, 5) is 5.03. The molecule has 0 N–H and O–H groups in total. The maximum Gasteiger partial charge on any atom is 0.0540 e. The predicted molar refractivity (Wildman–Crippen MR) is 294 cm³/mol. The molecule has 67 heavy (non-hydrogen) atoms. The van der Waals surface area contributed by atoms with Crippen molar-refractivity contribution in [3.63, 3.8) is 0 Å². The Hall–Kier alpha value is -5.60. The minimum absolute atomic E-state index is 0.0285. The van der Waals surface area contributed by atoms with Gasteiger partial charge in [0.2, 0.25) is 0 Å². The van der Waals surface area contributed by atoms with Gasteiger partial charge in [-0.05, 0) is 174 Å². The van der Waals surface area contributed by atoms with Crippen molar-refractivity contribution >= 4 is 44.9 Å². The summed E-state index contributed by atoms with van der Waals surface area (Å²) in [5.74, 6) is 0. The summed E-state index contributed by atoms with van der Waals surface area (Å²) in [5.41, 5.74) is 19.0. The fourth-order valence-electron chi connectivity index (χ4n) is 10.1. The van der Waals surface area contributed by atoms with Gasteiger partial charge in [0, 0.05) is 34.0 Å². The standard InChI is InChI=1S/C65H78N2/c1-43-36-54(66(51-29-25-48(26-30-51)61(5,6)7)53-31-32-57-58(42-53)65(16,17)35-34-64(57,14)15)41-55(37-43)67(52-28-21-44-18-24-49(62(8,9)10)38-46(44)39-52)59-33-27-50(63(11,12)13)40-56(59)45-19-22-47(23-20-45)60(2,3)4/h18-33,36-42H,34-35H2,1-17H3. The second-order valence-corrected chi connectivity index (χ2v) is 25.3. The molecule has 0 aliphatic heterocycles. The normalized spacial score (nSPS) is 15.1. The van der Waals surface area contributed by atoms with Crippen molar-refractivity contribution in [2.45, 2.75) is 163 Å². The summed E-state index contributed by atoms with van der Waals surface area (Å²) in [6, 6.07) is 54.3. The molecule has 0 saturated carbocycles. The van der Waals surface area contributed by atoms with Crippen LogP contribution in [0.25, 0.3) is 21.9 Å². The molecule has 0 radical (unpaired) electrons. The van der Waals surface area contributed by atoms with E-state index in [9.17, 15) is 0 Å². The van der Waals surface area contributed by atoms with Crippen molar-refractivity contribution < 1.29 is 0 Å². The second-order valence-electron chi connectivity index (χ2n) is 25.3. The number of hydrogen-bond donors (Lipinski definition) is 0. The van der Waals surface area contributed by atoms with E-state index in [1.165, 1.54) is 79.4 Å². The number of aryl methyl sites for hydroxylation is 1. The third kappa shape index (κ3) is 9.74. The number of nitrogens with zero attached hydrogens (tertiary/aromatic N) is 2. The first kappa shape index (κ1) is 47.9. The number of anilines is 6. The third-order valence-corrected chi connectivity index (χ3v) is 14.8. The van der Waals surface area contributed by atoms with Crippen molar-refractivity contribution in [1.29, 1.82) is 0 Å². The van der Waals surface area contributed by atoms with Crippen molar-refractivity contribution in [1.82, 2.24) is 0 Å². The molecule has 0 fully saturated rings. The largest absolute Gasteiger partial charge is 0.310 e. The van der Waals surface area contributed by atoms with Crippen LogP contribution in [0, 0.1) is 6.92 Å². The van der Waals surface area contributed by atoms with Gasteiger partial charge in [-0.3, -0.25) is 0 Å². The van der Waals surface area contributed by atoms with E-state index in [0.717, 1.165) is 28.4 Å². The molecule has 2 nitrogen and oxygen atoms in total. The fourth-order valence-corrected chi connectivity index (χ4v) is 10.1. The quantitative estimate of drug-likeness (QED) is 0.157. The van der Waals surface area contributed by atoms with Gasteiger partial charge < -0.3 is 9.80 Å². The first-order valence-electron chi connectivity index (χ1n) is 24.9. The number of hydrogen-bond acceptors (Lipinski definition) is 2. The highest BCUT2D eigenvalue weighted by Gasteiger charge is 2.37.